The summed E-state index contributed by atoms with van der Waals surface area (Å²) in [5.41, 5.74) is 0. The first-order valence-corrected chi connectivity index (χ1v) is 5.78. The second-order valence-corrected chi connectivity index (χ2v) is 4.83. The van der Waals surface area contributed by atoms with Gasteiger partial charge in [-0.1, -0.05) is 32.1 Å². The molecule has 0 aliphatic heterocycles. The summed E-state index contributed by atoms with van der Waals surface area (Å²) in [7, 11) is 4.02. The number of hydrogen-bond acceptors (Lipinski definition) is 2. The molecule has 0 saturated heterocycles. The molecule has 0 spiro atoms. The average molecular weight is 197 g/mol. The molecular formula is C12H23NO. The van der Waals surface area contributed by atoms with Gasteiger partial charge in [0.15, 0.2) is 0 Å². The second-order valence-electron chi connectivity index (χ2n) is 4.83. The largest absolute Gasteiger partial charge is 0.300 e. The monoisotopic (exact) mass is 197 g/mol. The molecule has 1 aliphatic rings. The van der Waals surface area contributed by atoms with Gasteiger partial charge in [0.2, 0.25) is 0 Å². The zero-order chi connectivity index (χ0) is 10.6. The van der Waals surface area contributed by atoms with Gasteiger partial charge in [0.05, 0.1) is 6.04 Å². The molecule has 0 N–H and O–H groups in total. The number of carbonyl (C=O) groups is 1. The van der Waals surface area contributed by atoms with E-state index < -0.39 is 0 Å². The summed E-state index contributed by atoms with van der Waals surface area (Å²) < 4.78 is 0. The van der Waals surface area contributed by atoms with Crippen molar-refractivity contribution in [2.24, 2.45) is 5.92 Å². The molecule has 0 aromatic rings. The van der Waals surface area contributed by atoms with E-state index in [0.717, 1.165) is 12.3 Å². The van der Waals surface area contributed by atoms with Gasteiger partial charge in [-0.05, 0) is 33.4 Å². The van der Waals surface area contributed by atoms with Crippen molar-refractivity contribution in [2.45, 2.75) is 51.5 Å². The lowest BCUT2D eigenvalue weighted by atomic mass is 9.84. The lowest BCUT2D eigenvalue weighted by molar-refractivity contribution is -0.121. The second kappa shape index (κ2) is 5.50. The molecule has 1 atom stereocenters. The minimum absolute atomic E-state index is 0.151. The third-order valence-electron chi connectivity index (χ3n) is 3.37. The van der Waals surface area contributed by atoms with Gasteiger partial charge in [-0.2, -0.15) is 0 Å². The maximum atomic E-state index is 11.4. The zero-order valence-corrected chi connectivity index (χ0v) is 9.75. The van der Waals surface area contributed by atoms with Gasteiger partial charge >= 0.3 is 0 Å². The molecule has 0 heterocycles. The molecule has 0 aromatic heterocycles. The van der Waals surface area contributed by atoms with Gasteiger partial charge < -0.3 is 0 Å². The first kappa shape index (κ1) is 11.7. The SMILES string of the molecule is CC(=O)C(CC1CCCCC1)N(C)C. The van der Waals surface area contributed by atoms with E-state index in [9.17, 15) is 4.79 Å². The fourth-order valence-electron chi connectivity index (χ4n) is 2.48. The summed E-state index contributed by atoms with van der Waals surface area (Å²) in [5.74, 6) is 1.11. The van der Waals surface area contributed by atoms with Crippen LogP contribution in [0.2, 0.25) is 0 Å². The Balaban J connectivity index is 2.41. The molecule has 1 unspecified atom stereocenters. The number of likely N-dealkylation sites (N-methyl/N-ethyl adjacent to an activating group) is 1. The third-order valence-corrected chi connectivity index (χ3v) is 3.37. The van der Waals surface area contributed by atoms with Crippen molar-refractivity contribution in [3.8, 4) is 0 Å². The van der Waals surface area contributed by atoms with Gasteiger partial charge in [0.25, 0.3) is 0 Å². The van der Waals surface area contributed by atoms with E-state index in [1.807, 2.05) is 14.1 Å². The number of hydrogen-bond donors (Lipinski definition) is 0. The topological polar surface area (TPSA) is 20.3 Å². The van der Waals surface area contributed by atoms with Crippen molar-refractivity contribution >= 4 is 5.78 Å². The fourth-order valence-corrected chi connectivity index (χ4v) is 2.48. The summed E-state index contributed by atoms with van der Waals surface area (Å²) in [4.78, 5) is 13.5. The van der Waals surface area contributed by atoms with Crippen LogP contribution < -0.4 is 0 Å². The molecule has 82 valence electrons. The molecule has 2 nitrogen and oxygen atoms in total. The lowest BCUT2D eigenvalue weighted by Crippen LogP contribution is -2.36. The minimum Gasteiger partial charge on any atom is -0.300 e. The van der Waals surface area contributed by atoms with Crippen molar-refractivity contribution < 1.29 is 4.79 Å². The quantitative estimate of drug-likeness (QED) is 0.690. The molecular weight excluding hydrogens is 174 g/mol. The third kappa shape index (κ3) is 3.41. The molecule has 0 amide bonds. The molecule has 2 heteroatoms. The molecule has 0 aromatic carbocycles. The summed E-state index contributed by atoms with van der Waals surface area (Å²) >= 11 is 0. The number of nitrogens with zero attached hydrogens (tertiary/aromatic N) is 1. The van der Waals surface area contributed by atoms with E-state index in [0.29, 0.717) is 5.78 Å². The highest BCUT2D eigenvalue weighted by molar-refractivity contribution is 5.81. The maximum Gasteiger partial charge on any atom is 0.146 e. The van der Waals surface area contributed by atoms with Gasteiger partial charge in [0, 0.05) is 0 Å². The number of Topliss-reactive ketones (excluding diaryl/α,β-unsaturated/α-hetero) is 1. The Labute approximate surface area is 87.7 Å². The minimum atomic E-state index is 0.151. The first-order valence-electron chi connectivity index (χ1n) is 5.78. The summed E-state index contributed by atoms with van der Waals surface area (Å²) in [6.45, 7) is 1.72. The average Bonchev–Trinajstić information content (AvgIpc) is 2.15. The zero-order valence-electron chi connectivity index (χ0n) is 9.75. The fraction of sp³-hybridized carbons (Fsp3) is 0.917. The van der Waals surface area contributed by atoms with Gasteiger partial charge in [-0.3, -0.25) is 9.69 Å². The number of ketones is 1. The molecule has 1 rings (SSSR count). The van der Waals surface area contributed by atoms with Crippen LogP contribution in [0.1, 0.15) is 45.4 Å². The van der Waals surface area contributed by atoms with Crippen LogP contribution in [-0.4, -0.2) is 30.8 Å². The molecule has 1 saturated carbocycles. The van der Waals surface area contributed by atoms with Crippen molar-refractivity contribution in [3.63, 3.8) is 0 Å². The van der Waals surface area contributed by atoms with Crippen LogP contribution in [0.5, 0.6) is 0 Å². The van der Waals surface area contributed by atoms with Crippen molar-refractivity contribution in [1.29, 1.82) is 0 Å². The van der Waals surface area contributed by atoms with Gasteiger partial charge in [0.1, 0.15) is 5.78 Å². The first-order chi connectivity index (χ1) is 6.61. The Kier molecular flexibility index (Phi) is 4.59. The van der Waals surface area contributed by atoms with E-state index in [1.54, 1.807) is 6.92 Å². The predicted molar refractivity (Wildman–Crippen MR) is 59.3 cm³/mol. The van der Waals surface area contributed by atoms with E-state index in [1.165, 1.54) is 32.1 Å². The normalized spacial score (nSPS) is 21.1. The standard InChI is InChI=1S/C12H23NO/c1-10(14)12(13(2)3)9-11-7-5-4-6-8-11/h11-12H,4-9H2,1-3H3. The van der Waals surface area contributed by atoms with Crippen LogP contribution in [0.25, 0.3) is 0 Å². The maximum absolute atomic E-state index is 11.4. The predicted octanol–water partition coefficient (Wildman–Crippen LogP) is 2.48. The Morgan fingerprint density at radius 2 is 1.86 bits per heavy atom. The van der Waals surface area contributed by atoms with Crippen molar-refractivity contribution in [3.05, 3.63) is 0 Å². The lowest BCUT2D eigenvalue weighted by Gasteiger charge is -2.28. The van der Waals surface area contributed by atoms with Crippen LogP contribution in [0.3, 0.4) is 0 Å². The van der Waals surface area contributed by atoms with Crippen molar-refractivity contribution in [1.82, 2.24) is 4.90 Å². The Morgan fingerprint density at radius 3 is 2.29 bits per heavy atom. The Morgan fingerprint density at radius 1 is 1.29 bits per heavy atom. The Hall–Kier alpha value is -0.370. The highest BCUT2D eigenvalue weighted by Gasteiger charge is 2.23. The van der Waals surface area contributed by atoms with E-state index in [2.05, 4.69) is 4.90 Å². The summed E-state index contributed by atoms with van der Waals surface area (Å²) in [6.07, 6.45) is 7.85. The van der Waals surface area contributed by atoms with Crippen LogP contribution in [-0.2, 0) is 4.79 Å². The van der Waals surface area contributed by atoms with E-state index >= 15 is 0 Å². The highest BCUT2D eigenvalue weighted by Crippen LogP contribution is 2.28. The van der Waals surface area contributed by atoms with Crippen molar-refractivity contribution in [2.75, 3.05) is 14.1 Å². The molecule has 0 bridgehead atoms. The summed E-state index contributed by atoms with van der Waals surface area (Å²) in [5, 5.41) is 0. The molecule has 1 aliphatic carbocycles. The molecule has 0 radical (unpaired) electrons. The molecule has 14 heavy (non-hydrogen) atoms. The molecule has 1 fully saturated rings. The van der Waals surface area contributed by atoms with Gasteiger partial charge in [-0.15, -0.1) is 0 Å². The van der Waals surface area contributed by atoms with Crippen LogP contribution in [0.15, 0.2) is 0 Å². The van der Waals surface area contributed by atoms with Crippen LogP contribution >= 0.6 is 0 Å². The highest BCUT2D eigenvalue weighted by atomic mass is 16.1. The Bertz CT molecular complexity index is 183. The number of rotatable bonds is 4. The van der Waals surface area contributed by atoms with Crippen LogP contribution in [0.4, 0.5) is 0 Å². The van der Waals surface area contributed by atoms with Gasteiger partial charge in [-0.25, -0.2) is 0 Å². The van der Waals surface area contributed by atoms with E-state index in [4.69, 9.17) is 0 Å². The number of carbonyl (C=O) groups excluding carboxylic acids is 1. The summed E-state index contributed by atoms with van der Waals surface area (Å²) in [6, 6.07) is 0.151. The van der Waals surface area contributed by atoms with E-state index in [-0.39, 0.29) is 6.04 Å². The van der Waals surface area contributed by atoms with Crippen LogP contribution in [0, 0.1) is 5.92 Å². The smallest absolute Gasteiger partial charge is 0.146 e.